The van der Waals surface area contributed by atoms with Gasteiger partial charge in [0, 0.05) is 20.6 Å². The molecule has 1 saturated heterocycles. The quantitative estimate of drug-likeness (QED) is 0.536. The Morgan fingerprint density at radius 2 is 1.76 bits per heavy atom. The maximum atomic E-state index is 13.5. The van der Waals surface area contributed by atoms with E-state index in [0.717, 1.165) is 15.4 Å². The molecule has 0 unspecified atom stereocenters. The maximum Gasteiger partial charge on any atom is 0.325 e. The minimum atomic E-state index is -3.61. The summed E-state index contributed by atoms with van der Waals surface area (Å²) in [5.74, 6) is 0.183. The predicted octanol–water partition coefficient (Wildman–Crippen LogP) is 2.66. The standard InChI is InChI=1S/C23H27N5O4S/c1-5-23(16-10-8-7-9-11-16)21(29)28(22(30)25-23)15-20-24-18-14-17(33(31,32)26(3)4)12-13-19(18)27(20)6-2/h7-14H,5-6,15H2,1-4H3,(H,25,30)/t23-/m1/s1. The number of carbonyl (C=O) groups is 2. The predicted molar refractivity (Wildman–Crippen MR) is 124 cm³/mol. The van der Waals surface area contributed by atoms with Gasteiger partial charge in [-0.2, -0.15) is 0 Å². The first kappa shape index (κ1) is 22.9. The molecule has 1 aliphatic heterocycles. The maximum absolute atomic E-state index is 13.5. The lowest BCUT2D eigenvalue weighted by molar-refractivity contribution is -0.132. The highest BCUT2D eigenvalue weighted by molar-refractivity contribution is 7.89. The molecule has 1 fully saturated rings. The molecule has 3 aromatic rings. The van der Waals surface area contributed by atoms with Crippen LogP contribution in [0.3, 0.4) is 0 Å². The molecule has 0 bridgehead atoms. The van der Waals surface area contributed by atoms with E-state index in [1.165, 1.54) is 25.1 Å². The lowest BCUT2D eigenvalue weighted by Crippen LogP contribution is -2.43. The lowest BCUT2D eigenvalue weighted by atomic mass is 9.87. The molecular weight excluding hydrogens is 442 g/mol. The highest BCUT2D eigenvalue weighted by Gasteiger charge is 2.51. The van der Waals surface area contributed by atoms with Crippen LogP contribution in [0.25, 0.3) is 11.0 Å². The summed E-state index contributed by atoms with van der Waals surface area (Å²) in [7, 11) is -0.668. The van der Waals surface area contributed by atoms with Gasteiger partial charge in [0.25, 0.3) is 5.91 Å². The summed E-state index contributed by atoms with van der Waals surface area (Å²) in [6, 6.07) is 13.5. The molecule has 1 N–H and O–H groups in total. The molecule has 0 radical (unpaired) electrons. The number of aryl methyl sites for hydroxylation is 1. The van der Waals surface area contributed by atoms with Gasteiger partial charge in [-0.15, -0.1) is 0 Å². The van der Waals surface area contributed by atoms with Crippen LogP contribution in [0.2, 0.25) is 0 Å². The van der Waals surface area contributed by atoms with E-state index >= 15 is 0 Å². The van der Waals surface area contributed by atoms with Gasteiger partial charge in [0.2, 0.25) is 10.0 Å². The second-order valence-corrected chi connectivity index (χ2v) is 10.3. The van der Waals surface area contributed by atoms with Crippen molar-refractivity contribution in [2.45, 2.75) is 43.8 Å². The Morgan fingerprint density at radius 1 is 1.06 bits per heavy atom. The van der Waals surface area contributed by atoms with E-state index in [9.17, 15) is 18.0 Å². The summed E-state index contributed by atoms with van der Waals surface area (Å²) in [5, 5.41) is 2.88. The molecular formula is C23H27N5O4S. The molecule has 0 spiro atoms. The molecule has 0 saturated carbocycles. The van der Waals surface area contributed by atoms with Gasteiger partial charge in [-0.05, 0) is 37.1 Å². The number of sulfonamides is 1. The van der Waals surface area contributed by atoms with E-state index in [2.05, 4.69) is 10.3 Å². The number of nitrogens with one attached hydrogen (secondary N) is 1. The number of imide groups is 1. The molecule has 1 aromatic heterocycles. The van der Waals surface area contributed by atoms with Crippen molar-refractivity contribution in [3.05, 3.63) is 59.9 Å². The van der Waals surface area contributed by atoms with Crippen LogP contribution < -0.4 is 5.32 Å². The van der Waals surface area contributed by atoms with Gasteiger partial charge in [0.15, 0.2) is 0 Å². The summed E-state index contributed by atoms with van der Waals surface area (Å²) in [5.41, 5.74) is 0.846. The van der Waals surface area contributed by atoms with Crippen LogP contribution >= 0.6 is 0 Å². The van der Waals surface area contributed by atoms with Crippen LogP contribution in [-0.2, 0) is 33.4 Å². The summed E-state index contributed by atoms with van der Waals surface area (Å²) in [6.45, 7) is 4.33. The third-order valence-corrected chi connectivity index (χ3v) is 7.98. The first-order valence-electron chi connectivity index (χ1n) is 10.8. The summed E-state index contributed by atoms with van der Waals surface area (Å²) >= 11 is 0. The van der Waals surface area contributed by atoms with Crippen LogP contribution in [0, 0.1) is 0 Å². The van der Waals surface area contributed by atoms with Crippen molar-refractivity contribution in [1.82, 2.24) is 24.1 Å². The van der Waals surface area contributed by atoms with E-state index in [0.29, 0.717) is 24.3 Å². The zero-order valence-electron chi connectivity index (χ0n) is 19.1. The number of imidazole rings is 1. The third kappa shape index (κ3) is 3.59. The highest BCUT2D eigenvalue weighted by atomic mass is 32.2. The fraction of sp³-hybridized carbons (Fsp3) is 0.348. The Labute approximate surface area is 193 Å². The molecule has 9 nitrogen and oxygen atoms in total. The van der Waals surface area contributed by atoms with Crippen molar-refractivity contribution in [2.75, 3.05) is 14.1 Å². The normalized spacial score (nSPS) is 19.0. The number of carbonyl (C=O) groups excluding carboxylic acids is 2. The zero-order chi connectivity index (χ0) is 24.0. The third-order valence-electron chi connectivity index (χ3n) is 6.17. The van der Waals surface area contributed by atoms with Gasteiger partial charge < -0.3 is 9.88 Å². The van der Waals surface area contributed by atoms with E-state index in [-0.39, 0.29) is 17.3 Å². The number of urea groups is 1. The Kier molecular flexibility index (Phi) is 5.75. The topological polar surface area (TPSA) is 105 Å². The molecule has 10 heteroatoms. The SMILES string of the molecule is CCn1c(CN2C(=O)N[C@](CC)(c3ccccc3)C2=O)nc2cc(S(=O)(=O)N(C)C)ccc21. The molecule has 1 atom stereocenters. The number of amides is 3. The van der Waals surface area contributed by atoms with Crippen molar-refractivity contribution >= 4 is 33.0 Å². The Hall–Kier alpha value is -3.24. The van der Waals surface area contributed by atoms with Gasteiger partial charge in [0.1, 0.15) is 11.4 Å². The molecule has 4 rings (SSSR count). The van der Waals surface area contributed by atoms with Gasteiger partial charge in [-0.3, -0.25) is 9.69 Å². The molecule has 1 aliphatic rings. The first-order valence-corrected chi connectivity index (χ1v) is 12.2. The van der Waals surface area contributed by atoms with Crippen LogP contribution in [0.15, 0.2) is 53.4 Å². The van der Waals surface area contributed by atoms with Crippen LogP contribution in [-0.4, -0.2) is 53.2 Å². The van der Waals surface area contributed by atoms with Crippen molar-refractivity contribution in [3.63, 3.8) is 0 Å². The minimum Gasteiger partial charge on any atom is -0.327 e. The largest absolute Gasteiger partial charge is 0.327 e. The van der Waals surface area contributed by atoms with Crippen molar-refractivity contribution < 1.29 is 18.0 Å². The molecule has 33 heavy (non-hydrogen) atoms. The minimum absolute atomic E-state index is 0.0163. The van der Waals surface area contributed by atoms with Crippen molar-refractivity contribution in [3.8, 4) is 0 Å². The van der Waals surface area contributed by atoms with E-state index in [1.807, 2.05) is 48.7 Å². The fourth-order valence-electron chi connectivity index (χ4n) is 4.28. The highest BCUT2D eigenvalue weighted by Crippen LogP contribution is 2.33. The van der Waals surface area contributed by atoms with Crippen LogP contribution in [0.1, 0.15) is 31.7 Å². The molecule has 3 amide bonds. The Bertz CT molecular complexity index is 1330. The monoisotopic (exact) mass is 469 g/mol. The van der Waals surface area contributed by atoms with Gasteiger partial charge in [-0.1, -0.05) is 37.3 Å². The number of hydrogen-bond acceptors (Lipinski definition) is 5. The molecule has 0 aliphatic carbocycles. The van der Waals surface area contributed by atoms with Gasteiger partial charge in [-0.25, -0.2) is 22.5 Å². The molecule has 2 heterocycles. The van der Waals surface area contributed by atoms with Crippen LogP contribution in [0.4, 0.5) is 4.79 Å². The summed E-state index contributed by atoms with van der Waals surface area (Å²) in [6.07, 6.45) is 0.411. The Morgan fingerprint density at radius 3 is 2.36 bits per heavy atom. The van der Waals surface area contributed by atoms with Crippen molar-refractivity contribution in [2.24, 2.45) is 0 Å². The zero-order valence-corrected chi connectivity index (χ0v) is 19.9. The van der Waals surface area contributed by atoms with Crippen molar-refractivity contribution in [1.29, 1.82) is 0 Å². The number of rotatable bonds is 7. The van der Waals surface area contributed by atoms with E-state index in [1.54, 1.807) is 12.1 Å². The summed E-state index contributed by atoms with van der Waals surface area (Å²) in [4.78, 5) is 32.3. The summed E-state index contributed by atoms with van der Waals surface area (Å²) < 4.78 is 28.1. The number of aromatic nitrogens is 2. The van der Waals surface area contributed by atoms with Gasteiger partial charge in [0.05, 0.1) is 22.5 Å². The van der Waals surface area contributed by atoms with E-state index < -0.39 is 21.6 Å². The number of fused-ring (bicyclic) bond motifs is 1. The molecule has 2 aromatic carbocycles. The second kappa shape index (κ2) is 8.27. The van der Waals surface area contributed by atoms with E-state index in [4.69, 9.17) is 0 Å². The van der Waals surface area contributed by atoms with Crippen LogP contribution in [0.5, 0.6) is 0 Å². The fourth-order valence-corrected chi connectivity index (χ4v) is 5.20. The average Bonchev–Trinajstić information content (AvgIpc) is 3.28. The average molecular weight is 470 g/mol. The first-order chi connectivity index (χ1) is 15.7. The number of nitrogens with zero attached hydrogens (tertiary/aromatic N) is 4. The Balaban J connectivity index is 1.73. The molecule has 174 valence electrons. The number of benzene rings is 2. The number of hydrogen-bond donors (Lipinski definition) is 1. The smallest absolute Gasteiger partial charge is 0.325 e. The van der Waals surface area contributed by atoms with Gasteiger partial charge >= 0.3 is 6.03 Å². The lowest BCUT2D eigenvalue weighted by Gasteiger charge is -2.25. The second-order valence-electron chi connectivity index (χ2n) is 8.16.